The zero-order valence-electron chi connectivity index (χ0n) is 12.5. The van der Waals surface area contributed by atoms with Crippen molar-refractivity contribution in [3.05, 3.63) is 35.6 Å². The molecule has 0 radical (unpaired) electrons. The van der Waals surface area contributed by atoms with Gasteiger partial charge in [0.15, 0.2) is 0 Å². The van der Waals surface area contributed by atoms with Crippen LogP contribution >= 0.6 is 0 Å². The maximum atomic E-state index is 13.6. The fourth-order valence-electron chi connectivity index (χ4n) is 2.85. The maximum absolute atomic E-state index is 13.6. The molecule has 0 aliphatic carbocycles. The van der Waals surface area contributed by atoms with Gasteiger partial charge in [-0.2, -0.15) is 4.31 Å². The van der Waals surface area contributed by atoms with Crippen LogP contribution in [0, 0.1) is 5.82 Å². The van der Waals surface area contributed by atoms with Crippen molar-refractivity contribution in [2.24, 2.45) is 0 Å². The molecule has 0 spiro atoms. The molecule has 4 nitrogen and oxygen atoms in total. The third-order valence-corrected chi connectivity index (χ3v) is 5.27. The monoisotopic (exact) mass is 314 g/mol. The third-order valence-electron chi connectivity index (χ3n) is 3.93. The van der Waals surface area contributed by atoms with E-state index in [-0.39, 0.29) is 17.9 Å². The fourth-order valence-corrected chi connectivity index (χ4v) is 4.04. The molecule has 1 heterocycles. The zero-order valence-corrected chi connectivity index (χ0v) is 13.4. The highest BCUT2D eigenvalue weighted by molar-refractivity contribution is 7.88. The van der Waals surface area contributed by atoms with Crippen LogP contribution in [-0.2, 0) is 16.4 Å². The van der Waals surface area contributed by atoms with E-state index in [0.717, 1.165) is 12.8 Å². The summed E-state index contributed by atoms with van der Waals surface area (Å²) in [6.07, 6.45) is 3.64. The van der Waals surface area contributed by atoms with Crippen molar-refractivity contribution in [3.8, 4) is 0 Å². The second-order valence-electron chi connectivity index (χ2n) is 5.77. The van der Waals surface area contributed by atoms with Crippen LogP contribution in [0.25, 0.3) is 0 Å². The Bertz CT molecular complexity index is 577. The van der Waals surface area contributed by atoms with Gasteiger partial charge < -0.3 is 5.32 Å². The number of nitrogens with one attached hydrogen (secondary N) is 1. The topological polar surface area (TPSA) is 49.4 Å². The molecule has 0 bridgehead atoms. The molecule has 1 fully saturated rings. The molecule has 1 aliphatic rings. The van der Waals surface area contributed by atoms with Gasteiger partial charge in [0.2, 0.25) is 10.0 Å². The summed E-state index contributed by atoms with van der Waals surface area (Å²) in [6.45, 7) is 3.21. The first-order valence-electron chi connectivity index (χ1n) is 7.31. The van der Waals surface area contributed by atoms with Crippen LogP contribution in [0.5, 0.6) is 0 Å². The smallest absolute Gasteiger partial charge is 0.211 e. The lowest BCUT2D eigenvalue weighted by molar-refractivity contribution is 0.360. The van der Waals surface area contributed by atoms with Gasteiger partial charge in [0, 0.05) is 25.2 Å². The van der Waals surface area contributed by atoms with Gasteiger partial charge in [-0.15, -0.1) is 0 Å². The Balaban J connectivity index is 1.87. The number of hydrogen-bond acceptors (Lipinski definition) is 3. The maximum Gasteiger partial charge on any atom is 0.211 e. The second kappa shape index (κ2) is 6.85. The number of benzene rings is 1. The van der Waals surface area contributed by atoms with Crippen LogP contribution in [0.4, 0.5) is 4.39 Å². The van der Waals surface area contributed by atoms with Gasteiger partial charge in [0.1, 0.15) is 5.82 Å². The Morgan fingerprint density at radius 1 is 1.43 bits per heavy atom. The largest absolute Gasteiger partial charge is 0.312 e. The van der Waals surface area contributed by atoms with E-state index in [4.69, 9.17) is 0 Å². The molecular formula is C15H23FN2O2S. The Hall–Kier alpha value is -0.980. The quantitative estimate of drug-likeness (QED) is 0.870. The van der Waals surface area contributed by atoms with Gasteiger partial charge >= 0.3 is 0 Å². The summed E-state index contributed by atoms with van der Waals surface area (Å²) >= 11 is 0. The molecule has 2 rings (SSSR count). The van der Waals surface area contributed by atoms with E-state index in [0.29, 0.717) is 25.1 Å². The van der Waals surface area contributed by atoms with E-state index in [1.807, 2.05) is 13.0 Å². The number of halogens is 1. The lowest BCUT2D eigenvalue weighted by atomic mass is 10.1. The lowest BCUT2D eigenvalue weighted by Crippen LogP contribution is -2.43. The first kappa shape index (κ1) is 16.4. The lowest BCUT2D eigenvalue weighted by Gasteiger charge is -2.24. The molecule has 0 amide bonds. The molecule has 1 N–H and O–H groups in total. The van der Waals surface area contributed by atoms with Crippen LogP contribution in [0.1, 0.15) is 25.3 Å². The van der Waals surface area contributed by atoms with Crippen molar-refractivity contribution >= 4 is 10.0 Å². The Labute approximate surface area is 126 Å². The Morgan fingerprint density at radius 3 is 2.81 bits per heavy atom. The molecule has 1 saturated heterocycles. The van der Waals surface area contributed by atoms with Gasteiger partial charge in [0.05, 0.1) is 6.26 Å². The fraction of sp³-hybridized carbons (Fsp3) is 0.600. The summed E-state index contributed by atoms with van der Waals surface area (Å²) in [6, 6.07) is 6.87. The minimum absolute atomic E-state index is 0.0167. The molecule has 2 atom stereocenters. The average molecular weight is 314 g/mol. The zero-order chi connectivity index (χ0) is 15.5. The van der Waals surface area contributed by atoms with Crippen molar-refractivity contribution in [1.29, 1.82) is 0 Å². The summed E-state index contributed by atoms with van der Waals surface area (Å²) in [4.78, 5) is 0. The first-order valence-corrected chi connectivity index (χ1v) is 9.16. The van der Waals surface area contributed by atoms with Crippen LogP contribution in [0.3, 0.4) is 0 Å². The molecule has 118 valence electrons. The molecule has 21 heavy (non-hydrogen) atoms. The van der Waals surface area contributed by atoms with Crippen molar-refractivity contribution in [2.75, 3.05) is 19.3 Å². The number of rotatable bonds is 6. The minimum Gasteiger partial charge on any atom is -0.312 e. The highest BCUT2D eigenvalue weighted by Gasteiger charge is 2.31. The predicted octanol–water partition coefficient (Wildman–Crippen LogP) is 1.77. The van der Waals surface area contributed by atoms with Crippen molar-refractivity contribution < 1.29 is 12.8 Å². The molecule has 1 aromatic rings. The van der Waals surface area contributed by atoms with Crippen LogP contribution in [0.2, 0.25) is 0 Å². The van der Waals surface area contributed by atoms with E-state index < -0.39 is 10.0 Å². The molecule has 0 aromatic heterocycles. The standard InChI is InChI=1S/C15H23FN2O2S/c1-12(10-13-6-3-4-8-15(13)16)17-11-14-7-5-9-18(14)21(2,19)20/h3-4,6,8,12,14,17H,5,7,9-11H2,1-2H3/t12-,14+/m0/s1. The van der Waals surface area contributed by atoms with Crippen LogP contribution in [0.15, 0.2) is 24.3 Å². The third kappa shape index (κ3) is 4.49. The normalized spacial score (nSPS) is 21.6. The average Bonchev–Trinajstić information content (AvgIpc) is 2.87. The summed E-state index contributed by atoms with van der Waals surface area (Å²) in [5.41, 5.74) is 0.684. The number of hydrogen-bond donors (Lipinski definition) is 1. The summed E-state index contributed by atoms with van der Waals surface area (Å²) < 4.78 is 38.5. The predicted molar refractivity (Wildman–Crippen MR) is 82.1 cm³/mol. The highest BCUT2D eigenvalue weighted by Crippen LogP contribution is 2.19. The van der Waals surface area contributed by atoms with E-state index in [9.17, 15) is 12.8 Å². The second-order valence-corrected chi connectivity index (χ2v) is 7.71. The number of sulfonamides is 1. The van der Waals surface area contributed by atoms with E-state index in [2.05, 4.69) is 5.32 Å². The van der Waals surface area contributed by atoms with E-state index >= 15 is 0 Å². The Morgan fingerprint density at radius 2 is 2.14 bits per heavy atom. The number of nitrogens with zero attached hydrogens (tertiary/aromatic N) is 1. The van der Waals surface area contributed by atoms with Crippen molar-refractivity contribution in [1.82, 2.24) is 9.62 Å². The van der Waals surface area contributed by atoms with E-state index in [1.165, 1.54) is 12.3 Å². The highest BCUT2D eigenvalue weighted by atomic mass is 32.2. The van der Waals surface area contributed by atoms with Gasteiger partial charge in [-0.3, -0.25) is 0 Å². The van der Waals surface area contributed by atoms with E-state index in [1.54, 1.807) is 16.4 Å². The van der Waals surface area contributed by atoms with Crippen LogP contribution < -0.4 is 5.32 Å². The molecule has 6 heteroatoms. The van der Waals surface area contributed by atoms with Crippen LogP contribution in [-0.4, -0.2) is 44.2 Å². The molecule has 0 unspecified atom stereocenters. The van der Waals surface area contributed by atoms with Gasteiger partial charge in [-0.25, -0.2) is 12.8 Å². The minimum atomic E-state index is -3.13. The van der Waals surface area contributed by atoms with Gasteiger partial charge in [-0.1, -0.05) is 18.2 Å². The summed E-state index contributed by atoms with van der Waals surface area (Å²) in [7, 11) is -3.13. The molecule has 1 aromatic carbocycles. The molecule has 1 aliphatic heterocycles. The van der Waals surface area contributed by atoms with Gasteiger partial charge in [0.25, 0.3) is 0 Å². The van der Waals surface area contributed by atoms with Crippen molar-refractivity contribution in [2.45, 2.75) is 38.3 Å². The SMILES string of the molecule is C[C@@H](Cc1ccccc1F)NC[C@H]1CCCN1S(C)(=O)=O. The molecular weight excluding hydrogens is 291 g/mol. The Kier molecular flexibility index (Phi) is 5.35. The first-order chi connectivity index (χ1) is 9.88. The molecule has 0 saturated carbocycles. The van der Waals surface area contributed by atoms with Gasteiger partial charge in [-0.05, 0) is 37.8 Å². The summed E-state index contributed by atoms with van der Waals surface area (Å²) in [5.74, 6) is -0.190. The summed E-state index contributed by atoms with van der Waals surface area (Å²) in [5, 5.41) is 3.33. The van der Waals surface area contributed by atoms with Crippen molar-refractivity contribution in [3.63, 3.8) is 0 Å².